The summed E-state index contributed by atoms with van der Waals surface area (Å²) in [6.45, 7) is 4.37. The van der Waals surface area contributed by atoms with Crippen molar-refractivity contribution in [1.82, 2.24) is 30.4 Å². The normalized spacial score (nSPS) is 17.1. The number of nitrogens with zero attached hydrogens (tertiary/aromatic N) is 3. The molecule has 0 unspecified atom stereocenters. The van der Waals surface area contributed by atoms with Crippen molar-refractivity contribution in [1.29, 1.82) is 0 Å². The molecule has 154 valence electrons. The van der Waals surface area contributed by atoms with Gasteiger partial charge in [-0.3, -0.25) is 10.00 Å². The molecule has 2 amide bonds. The summed E-state index contributed by atoms with van der Waals surface area (Å²) in [5.74, 6) is 0.626. The van der Waals surface area contributed by atoms with Gasteiger partial charge in [0.25, 0.3) is 0 Å². The van der Waals surface area contributed by atoms with Gasteiger partial charge in [-0.05, 0) is 30.5 Å². The number of carbonyl (C=O) groups excluding carboxylic acids is 1. The van der Waals surface area contributed by atoms with Crippen molar-refractivity contribution in [2.45, 2.75) is 25.4 Å². The molecule has 3 heterocycles. The maximum Gasteiger partial charge on any atom is 0.319 e. The number of amides is 2. The number of aromatic amines is 2. The van der Waals surface area contributed by atoms with Crippen molar-refractivity contribution in [3.05, 3.63) is 30.0 Å². The highest BCUT2D eigenvalue weighted by Crippen LogP contribution is 2.26. The maximum atomic E-state index is 12.0. The van der Waals surface area contributed by atoms with Gasteiger partial charge in [0.15, 0.2) is 11.5 Å². The number of hydrogen-bond donors (Lipinski definition) is 4. The highest BCUT2D eigenvalue weighted by Gasteiger charge is 2.24. The van der Waals surface area contributed by atoms with E-state index >= 15 is 0 Å². The standard InChI is InChI=1S/C19H23N7O2.ClH/c27-19(21-13-2-3-13)24-16-10-20-25-17(16)18-22-14-4-1-12(9-15(14)23-18)11-26-5-7-28-8-6-26;/h1,4,9-10,13H,2-3,5-8,11H2,(H,20,25)(H,22,23)(H2,21,24,27);1H. The zero-order valence-corrected chi connectivity index (χ0v) is 16.7. The van der Waals surface area contributed by atoms with E-state index in [0.717, 1.165) is 56.7 Å². The average molecular weight is 418 g/mol. The van der Waals surface area contributed by atoms with Crippen LogP contribution in [-0.4, -0.2) is 63.4 Å². The minimum Gasteiger partial charge on any atom is -0.379 e. The Morgan fingerprint density at radius 3 is 2.90 bits per heavy atom. The smallest absolute Gasteiger partial charge is 0.319 e. The molecule has 9 nitrogen and oxygen atoms in total. The van der Waals surface area contributed by atoms with Crippen LogP contribution in [0.4, 0.5) is 10.5 Å². The van der Waals surface area contributed by atoms with E-state index in [1.807, 2.05) is 6.07 Å². The van der Waals surface area contributed by atoms with Crippen LogP contribution in [0.5, 0.6) is 0 Å². The molecule has 0 radical (unpaired) electrons. The molecule has 1 aliphatic heterocycles. The van der Waals surface area contributed by atoms with Crippen LogP contribution in [0.15, 0.2) is 24.4 Å². The van der Waals surface area contributed by atoms with Gasteiger partial charge in [0, 0.05) is 31.9 Å². The van der Waals surface area contributed by atoms with Gasteiger partial charge in [-0.2, -0.15) is 5.10 Å². The third kappa shape index (κ3) is 4.52. The van der Waals surface area contributed by atoms with E-state index in [4.69, 9.17) is 9.72 Å². The predicted octanol–water partition coefficient (Wildman–Crippen LogP) is 2.49. The summed E-state index contributed by atoms with van der Waals surface area (Å²) >= 11 is 0. The summed E-state index contributed by atoms with van der Waals surface area (Å²) in [5, 5.41) is 12.8. The molecule has 2 aromatic heterocycles. The summed E-state index contributed by atoms with van der Waals surface area (Å²) in [6.07, 6.45) is 3.75. The summed E-state index contributed by atoms with van der Waals surface area (Å²) in [5.41, 5.74) is 4.24. The summed E-state index contributed by atoms with van der Waals surface area (Å²) < 4.78 is 5.41. The zero-order valence-electron chi connectivity index (χ0n) is 15.9. The Labute approximate surface area is 174 Å². The highest BCUT2D eigenvalue weighted by atomic mass is 35.5. The number of nitrogens with one attached hydrogen (secondary N) is 4. The first-order valence-corrected chi connectivity index (χ1v) is 9.65. The number of carbonyl (C=O) groups is 1. The largest absolute Gasteiger partial charge is 0.379 e. The molecular weight excluding hydrogens is 394 g/mol. The monoisotopic (exact) mass is 417 g/mol. The fourth-order valence-corrected chi connectivity index (χ4v) is 3.42. The van der Waals surface area contributed by atoms with E-state index in [1.165, 1.54) is 5.56 Å². The second-order valence-corrected chi connectivity index (χ2v) is 7.35. The van der Waals surface area contributed by atoms with Crippen LogP contribution >= 0.6 is 12.4 Å². The number of H-pyrrole nitrogens is 2. The molecular formula is C19H24ClN7O2. The quantitative estimate of drug-likeness (QED) is 0.509. The van der Waals surface area contributed by atoms with E-state index in [9.17, 15) is 4.79 Å². The van der Waals surface area contributed by atoms with E-state index < -0.39 is 0 Å². The molecule has 29 heavy (non-hydrogen) atoms. The molecule has 0 atom stereocenters. The highest BCUT2D eigenvalue weighted by molar-refractivity contribution is 5.93. The number of hydrogen-bond acceptors (Lipinski definition) is 5. The average Bonchev–Trinajstić information content (AvgIpc) is 3.22. The van der Waals surface area contributed by atoms with Crippen molar-refractivity contribution in [3.63, 3.8) is 0 Å². The predicted molar refractivity (Wildman–Crippen MR) is 112 cm³/mol. The Bertz CT molecular complexity index is 992. The molecule has 2 aliphatic rings. The van der Waals surface area contributed by atoms with Gasteiger partial charge < -0.3 is 20.4 Å². The van der Waals surface area contributed by atoms with Gasteiger partial charge in [-0.15, -0.1) is 12.4 Å². The number of halogens is 1. The minimum absolute atomic E-state index is 0. The first-order valence-electron chi connectivity index (χ1n) is 9.65. The SMILES string of the molecule is Cl.O=C(Nc1c[nH]nc1-c1nc2cc(CN3CCOCC3)ccc2[nH]1)NC1CC1. The molecule has 1 aromatic carbocycles. The molecule has 0 spiro atoms. The van der Waals surface area contributed by atoms with Crippen LogP contribution < -0.4 is 10.6 Å². The first kappa shape index (κ1) is 19.7. The molecule has 3 aromatic rings. The number of ether oxygens (including phenoxy) is 1. The van der Waals surface area contributed by atoms with E-state index in [2.05, 4.69) is 42.8 Å². The van der Waals surface area contributed by atoms with Crippen LogP contribution in [0.25, 0.3) is 22.6 Å². The number of imidazole rings is 1. The summed E-state index contributed by atoms with van der Waals surface area (Å²) in [7, 11) is 0. The van der Waals surface area contributed by atoms with E-state index in [-0.39, 0.29) is 18.4 Å². The number of benzene rings is 1. The third-order valence-corrected chi connectivity index (χ3v) is 5.08. The number of urea groups is 1. The molecule has 10 heteroatoms. The fraction of sp³-hybridized carbons (Fsp3) is 0.421. The molecule has 4 N–H and O–H groups in total. The second kappa shape index (κ2) is 8.40. The number of aromatic nitrogens is 4. The molecule has 2 fully saturated rings. The number of rotatable bonds is 5. The molecule has 1 saturated carbocycles. The Kier molecular flexibility index (Phi) is 5.70. The lowest BCUT2D eigenvalue weighted by molar-refractivity contribution is 0.0342. The van der Waals surface area contributed by atoms with Gasteiger partial charge in [-0.25, -0.2) is 9.78 Å². The van der Waals surface area contributed by atoms with Crippen molar-refractivity contribution in [3.8, 4) is 11.5 Å². The lowest BCUT2D eigenvalue weighted by Crippen LogP contribution is -2.35. The van der Waals surface area contributed by atoms with Crippen molar-refractivity contribution >= 4 is 35.2 Å². The minimum atomic E-state index is -0.214. The topological polar surface area (TPSA) is 111 Å². The summed E-state index contributed by atoms with van der Waals surface area (Å²) in [6, 6.07) is 6.35. The second-order valence-electron chi connectivity index (χ2n) is 7.35. The van der Waals surface area contributed by atoms with Gasteiger partial charge >= 0.3 is 6.03 Å². The first-order chi connectivity index (χ1) is 13.7. The van der Waals surface area contributed by atoms with Crippen molar-refractivity contribution < 1.29 is 9.53 Å². The number of morpholine rings is 1. The zero-order chi connectivity index (χ0) is 18.9. The van der Waals surface area contributed by atoms with Crippen molar-refractivity contribution in [2.75, 3.05) is 31.6 Å². The van der Waals surface area contributed by atoms with E-state index in [1.54, 1.807) is 6.20 Å². The molecule has 0 bridgehead atoms. The molecule has 1 aliphatic carbocycles. The Morgan fingerprint density at radius 1 is 1.28 bits per heavy atom. The number of fused-ring (bicyclic) bond motifs is 1. The van der Waals surface area contributed by atoms with Gasteiger partial charge in [0.2, 0.25) is 0 Å². The van der Waals surface area contributed by atoms with Crippen LogP contribution in [0.3, 0.4) is 0 Å². The van der Waals surface area contributed by atoms with Gasteiger partial charge in [0.1, 0.15) is 0 Å². The molecule has 1 saturated heterocycles. The van der Waals surface area contributed by atoms with Crippen molar-refractivity contribution in [2.24, 2.45) is 0 Å². The van der Waals surface area contributed by atoms with Crippen LogP contribution in [0.1, 0.15) is 18.4 Å². The Morgan fingerprint density at radius 2 is 2.10 bits per heavy atom. The van der Waals surface area contributed by atoms with Crippen LogP contribution in [-0.2, 0) is 11.3 Å². The lowest BCUT2D eigenvalue weighted by Gasteiger charge is -2.26. The molecule has 5 rings (SSSR count). The Hall–Kier alpha value is -2.62. The van der Waals surface area contributed by atoms with Crippen LogP contribution in [0, 0.1) is 0 Å². The summed E-state index contributed by atoms with van der Waals surface area (Å²) in [4.78, 5) is 22.4. The van der Waals surface area contributed by atoms with E-state index in [0.29, 0.717) is 23.2 Å². The lowest BCUT2D eigenvalue weighted by atomic mass is 10.2. The number of anilines is 1. The fourth-order valence-electron chi connectivity index (χ4n) is 3.42. The van der Waals surface area contributed by atoms with Crippen LogP contribution in [0.2, 0.25) is 0 Å². The third-order valence-electron chi connectivity index (χ3n) is 5.08. The van der Waals surface area contributed by atoms with Gasteiger partial charge in [0.05, 0.1) is 29.9 Å². The maximum absolute atomic E-state index is 12.0. The van der Waals surface area contributed by atoms with Gasteiger partial charge in [-0.1, -0.05) is 6.07 Å². The Balaban J connectivity index is 0.00000205.